The van der Waals surface area contributed by atoms with Crippen LogP contribution in [0.3, 0.4) is 0 Å². The number of sulfonamides is 1. The highest BCUT2D eigenvalue weighted by Crippen LogP contribution is 2.27. The molecule has 0 spiro atoms. The molecule has 1 saturated heterocycles. The Hall–Kier alpha value is -0.630. The highest BCUT2D eigenvalue weighted by atomic mass is 79.9. The molecule has 7 heteroatoms. The summed E-state index contributed by atoms with van der Waals surface area (Å²) in [5, 5.41) is 0. The van der Waals surface area contributed by atoms with Crippen molar-refractivity contribution in [2.75, 3.05) is 32.8 Å². The Bertz CT molecular complexity index is 629. The molecule has 1 N–H and O–H groups in total. The van der Waals surface area contributed by atoms with Gasteiger partial charge in [-0.3, -0.25) is 0 Å². The minimum Gasteiger partial charge on any atom is -0.492 e. The van der Waals surface area contributed by atoms with E-state index in [1.54, 1.807) is 18.2 Å². The van der Waals surface area contributed by atoms with Crippen molar-refractivity contribution < 1.29 is 13.2 Å². The van der Waals surface area contributed by atoms with Crippen LogP contribution in [0.15, 0.2) is 27.6 Å². The number of likely N-dealkylation sites (tertiary alicyclic amines) is 1. The van der Waals surface area contributed by atoms with Gasteiger partial charge in [-0.2, -0.15) is 0 Å². The fraction of sp³-hybridized carbons (Fsp3) is 0.647. The van der Waals surface area contributed by atoms with Crippen LogP contribution in [0, 0.1) is 5.92 Å². The summed E-state index contributed by atoms with van der Waals surface area (Å²) in [5.74, 6) is 1.20. The van der Waals surface area contributed by atoms with E-state index in [0.29, 0.717) is 23.4 Å². The second-order valence-corrected chi connectivity index (χ2v) is 8.95. The predicted octanol–water partition coefficient (Wildman–Crippen LogP) is 3.25. The molecule has 0 unspecified atom stereocenters. The van der Waals surface area contributed by atoms with Crippen LogP contribution in [-0.2, 0) is 10.0 Å². The zero-order valence-corrected chi connectivity index (χ0v) is 16.8. The quantitative estimate of drug-likeness (QED) is 0.658. The van der Waals surface area contributed by atoms with E-state index < -0.39 is 10.0 Å². The topological polar surface area (TPSA) is 58.6 Å². The van der Waals surface area contributed by atoms with Crippen molar-refractivity contribution in [1.29, 1.82) is 0 Å². The molecule has 1 fully saturated rings. The molecule has 0 atom stereocenters. The van der Waals surface area contributed by atoms with Crippen LogP contribution in [0.25, 0.3) is 0 Å². The van der Waals surface area contributed by atoms with E-state index in [9.17, 15) is 8.42 Å². The summed E-state index contributed by atoms with van der Waals surface area (Å²) in [6.07, 6.45) is 3.29. The number of hydrogen-bond acceptors (Lipinski definition) is 4. The molecule has 0 saturated carbocycles. The second kappa shape index (κ2) is 9.17. The fourth-order valence-corrected chi connectivity index (χ4v) is 4.59. The third-order valence-electron chi connectivity index (χ3n) is 4.31. The van der Waals surface area contributed by atoms with Gasteiger partial charge in [-0.05, 0) is 69.9 Å². The first kappa shape index (κ1) is 19.7. The summed E-state index contributed by atoms with van der Waals surface area (Å²) in [4.78, 5) is 2.60. The van der Waals surface area contributed by atoms with E-state index in [-0.39, 0.29) is 4.90 Å². The second-order valence-electron chi connectivity index (χ2n) is 6.30. The fourth-order valence-electron chi connectivity index (χ4n) is 2.84. The number of nitrogens with one attached hydrogen (secondary N) is 1. The van der Waals surface area contributed by atoms with E-state index in [0.717, 1.165) is 32.0 Å². The maximum atomic E-state index is 12.5. The van der Waals surface area contributed by atoms with Gasteiger partial charge in [0.25, 0.3) is 0 Å². The minimum atomic E-state index is -3.57. The van der Waals surface area contributed by atoms with Crippen molar-refractivity contribution in [3.05, 3.63) is 22.7 Å². The van der Waals surface area contributed by atoms with Crippen molar-refractivity contribution in [3.8, 4) is 5.75 Å². The molecule has 2 rings (SSSR count). The van der Waals surface area contributed by atoms with Gasteiger partial charge in [0.05, 0.1) is 6.61 Å². The molecule has 0 radical (unpaired) electrons. The van der Waals surface area contributed by atoms with Gasteiger partial charge in [0.2, 0.25) is 10.0 Å². The van der Waals surface area contributed by atoms with Crippen molar-refractivity contribution in [2.45, 2.75) is 38.0 Å². The Morgan fingerprint density at radius 3 is 2.71 bits per heavy atom. The lowest BCUT2D eigenvalue weighted by atomic mass is 9.99. The Kier molecular flexibility index (Phi) is 7.53. The van der Waals surface area contributed by atoms with Crippen LogP contribution < -0.4 is 9.46 Å². The van der Waals surface area contributed by atoms with Crippen molar-refractivity contribution in [2.24, 2.45) is 5.92 Å². The van der Waals surface area contributed by atoms with Crippen LogP contribution in [0.4, 0.5) is 0 Å². The number of ether oxygens (including phenoxy) is 1. The molecule has 1 heterocycles. The number of nitrogens with zero attached hydrogens (tertiary/aromatic N) is 1. The number of piperidine rings is 1. The number of rotatable bonds is 8. The highest BCUT2D eigenvalue weighted by Gasteiger charge is 2.20. The molecule has 0 bridgehead atoms. The van der Waals surface area contributed by atoms with E-state index in [4.69, 9.17) is 4.74 Å². The number of hydrogen-bond donors (Lipinski definition) is 1. The third kappa shape index (κ3) is 5.72. The largest absolute Gasteiger partial charge is 0.492 e. The van der Waals surface area contributed by atoms with Crippen molar-refractivity contribution >= 4 is 26.0 Å². The van der Waals surface area contributed by atoms with Crippen molar-refractivity contribution in [1.82, 2.24) is 9.62 Å². The predicted molar refractivity (Wildman–Crippen MR) is 100.0 cm³/mol. The summed E-state index contributed by atoms with van der Waals surface area (Å²) in [6, 6.07) is 5.04. The van der Waals surface area contributed by atoms with Gasteiger partial charge >= 0.3 is 0 Å². The SMILES string of the molecule is CCOc1ccc(Br)cc1S(=O)(=O)NCCCN1CCC(C)CC1. The Labute approximate surface area is 153 Å². The number of halogens is 1. The normalized spacial score (nSPS) is 17.1. The average Bonchev–Trinajstić information content (AvgIpc) is 2.55. The van der Waals surface area contributed by atoms with E-state index in [2.05, 4.69) is 32.5 Å². The molecular formula is C17H27BrN2O3S. The summed E-state index contributed by atoms with van der Waals surface area (Å²) in [5.41, 5.74) is 0. The van der Waals surface area contributed by atoms with Crippen LogP contribution in [-0.4, -0.2) is 46.1 Å². The molecule has 1 aliphatic rings. The van der Waals surface area contributed by atoms with Crippen LogP contribution in [0.2, 0.25) is 0 Å². The molecule has 0 amide bonds. The smallest absolute Gasteiger partial charge is 0.244 e. The molecule has 24 heavy (non-hydrogen) atoms. The molecule has 1 aliphatic heterocycles. The summed E-state index contributed by atoms with van der Waals surface area (Å²) < 4.78 is 33.9. The molecule has 136 valence electrons. The monoisotopic (exact) mass is 418 g/mol. The van der Waals surface area contributed by atoms with E-state index >= 15 is 0 Å². The van der Waals surface area contributed by atoms with Crippen LogP contribution in [0.1, 0.15) is 33.1 Å². The Morgan fingerprint density at radius 1 is 1.33 bits per heavy atom. The number of benzene rings is 1. The van der Waals surface area contributed by atoms with Gasteiger partial charge in [0.1, 0.15) is 10.6 Å². The van der Waals surface area contributed by atoms with Gasteiger partial charge in [-0.15, -0.1) is 0 Å². The lowest BCUT2D eigenvalue weighted by molar-refractivity contribution is 0.191. The summed E-state index contributed by atoms with van der Waals surface area (Å²) in [6.45, 7) is 8.17. The molecule has 0 aromatic heterocycles. The first-order chi connectivity index (χ1) is 11.4. The maximum Gasteiger partial charge on any atom is 0.244 e. The minimum absolute atomic E-state index is 0.186. The van der Waals surface area contributed by atoms with Gasteiger partial charge in [-0.25, -0.2) is 13.1 Å². The standard InChI is InChI=1S/C17H27BrN2O3S/c1-3-23-16-6-5-15(18)13-17(16)24(21,22)19-9-4-10-20-11-7-14(2)8-12-20/h5-6,13-14,19H,3-4,7-12H2,1-2H3. The highest BCUT2D eigenvalue weighted by molar-refractivity contribution is 9.10. The zero-order valence-electron chi connectivity index (χ0n) is 14.4. The van der Waals surface area contributed by atoms with Crippen molar-refractivity contribution in [3.63, 3.8) is 0 Å². The van der Waals surface area contributed by atoms with Gasteiger partial charge < -0.3 is 9.64 Å². The van der Waals surface area contributed by atoms with E-state index in [1.165, 1.54) is 12.8 Å². The first-order valence-corrected chi connectivity index (χ1v) is 10.8. The zero-order chi connectivity index (χ0) is 17.6. The molecule has 5 nitrogen and oxygen atoms in total. The lowest BCUT2D eigenvalue weighted by Crippen LogP contribution is -2.35. The van der Waals surface area contributed by atoms with E-state index in [1.807, 2.05) is 6.92 Å². The summed E-state index contributed by atoms with van der Waals surface area (Å²) in [7, 11) is -3.57. The molecule has 1 aromatic rings. The maximum absolute atomic E-state index is 12.5. The van der Waals surface area contributed by atoms with Gasteiger partial charge in [0, 0.05) is 11.0 Å². The van der Waals surface area contributed by atoms with Gasteiger partial charge in [-0.1, -0.05) is 22.9 Å². The van der Waals surface area contributed by atoms with Crippen LogP contribution >= 0.6 is 15.9 Å². The molecule has 0 aliphatic carbocycles. The molecule has 1 aromatic carbocycles. The Morgan fingerprint density at radius 2 is 2.04 bits per heavy atom. The summed E-state index contributed by atoms with van der Waals surface area (Å²) >= 11 is 3.32. The average molecular weight is 419 g/mol. The molecular weight excluding hydrogens is 392 g/mol. The Balaban J connectivity index is 1.88. The van der Waals surface area contributed by atoms with Crippen LogP contribution in [0.5, 0.6) is 5.75 Å². The lowest BCUT2D eigenvalue weighted by Gasteiger charge is -2.30. The first-order valence-electron chi connectivity index (χ1n) is 8.56. The third-order valence-corrected chi connectivity index (χ3v) is 6.29. The van der Waals surface area contributed by atoms with Gasteiger partial charge in [0.15, 0.2) is 0 Å².